The number of rotatable bonds is 4. The van der Waals surface area contributed by atoms with Crippen LogP contribution in [0.2, 0.25) is 0 Å². The largest absolute Gasteiger partial charge is 0.395 e. The quantitative estimate of drug-likeness (QED) is 0.431. The van der Waals surface area contributed by atoms with Crippen LogP contribution in [0.25, 0.3) is 0 Å². The molecule has 0 bridgehead atoms. The number of nitrogens with one attached hydrogen (secondary N) is 1. The fourth-order valence-corrected chi connectivity index (χ4v) is 2.10. The van der Waals surface area contributed by atoms with Gasteiger partial charge in [-0.25, -0.2) is 0 Å². The van der Waals surface area contributed by atoms with Gasteiger partial charge in [-0.3, -0.25) is 10.3 Å². The molecule has 0 aromatic heterocycles. The van der Waals surface area contributed by atoms with Gasteiger partial charge in [-0.15, -0.1) is 0 Å². The Morgan fingerprint density at radius 2 is 2.46 bits per heavy atom. The Labute approximate surface area is 79.2 Å². The van der Waals surface area contributed by atoms with Gasteiger partial charge in [0.05, 0.1) is 12.6 Å². The standard InChI is InChI=1S/C9H19N3O/c1-2-8(9(10)11)12-5-3-4-7(12)6-13/h7-8,13H,2-6H2,1H3,(H3,10,11). The summed E-state index contributed by atoms with van der Waals surface area (Å²) in [6, 6.07) is 0.244. The van der Waals surface area contributed by atoms with Gasteiger partial charge in [-0.1, -0.05) is 6.92 Å². The molecule has 0 spiro atoms. The maximum Gasteiger partial charge on any atom is 0.108 e. The molecule has 2 unspecified atom stereocenters. The summed E-state index contributed by atoms with van der Waals surface area (Å²) >= 11 is 0. The van der Waals surface area contributed by atoms with Crippen molar-refractivity contribution in [1.29, 1.82) is 5.41 Å². The van der Waals surface area contributed by atoms with E-state index in [1.54, 1.807) is 0 Å². The lowest BCUT2D eigenvalue weighted by Gasteiger charge is -2.30. The third kappa shape index (κ3) is 2.19. The first-order chi connectivity index (χ1) is 6.20. The summed E-state index contributed by atoms with van der Waals surface area (Å²) in [5.74, 6) is 0.225. The molecule has 0 aliphatic carbocycles. The molecule has 0 aromatic rings. The van der Waals surface area contributed by atoms with Gasteiger partial charge in [0.25, 0.3) is 0 Å². The Morgan fingerprint density at radius 1 is 1.77 bits per heavy atom. The van der Waals surface area contributed by atoms with Gasteiger partial charge in [0.2, 0.25) is 0 Å². The highest BCUT2D eigenvalue weighted by Gasteiger charge is 2.30. The Balaban J connectivity index is 2.61. The van der Waals surface area contributed by atoms with Gasteiger partial charge in [0.15, 0.2) is 0 Å². The molecule has 1 saturated heterocycles. The molecular weight excluding hydrogens is 166 g/mol. The summed E-state index contributed by atoms with van der Waals surface area (Å²) in [7, 11) is 0. The van der Waals surface area contributed by atoms with E-state index in [9.17, 15) is 0 Å². The van der Waals surface area contributed by atoms with E-state index >= 15 is 0 Å². The first-order valence-corrected chi connectivity index (χ1v) is 4.91. The maximum absolute atomic E-state index is 9.11. The van der Waals surface area contributed by atoms with Crippen LogP contribution in [-0.4, -0.2) is 41.1 Å². The molecule has 1 heterocycles. The van der Waals surface area contributed by atoms with Crippen LogP contribution in [0.1, 0.15) is 26.2 Å². The Bertz CT molecular complexity index is 184. The van der Waals surface area contributed by atoms with Crippen molar-refractivity contribution in [3.8, 4) is 0 Å². The second-order valence-electron chi connectivity index (χ2n) is 3.60. The zero-order valence-corrected chi connectivity index (χ0v) is 8.16. The Kier molecular flexibility index (Phi) is 3.69. The van der Waals surface area contributed by atoms with Crippen LogP contribution in [0.5, 0.6) is 0 Å². The monoisotopic (exact) mass is 185 g/mol. The lowest BCUT2D eigenvalue weighted by atomic mass is 10.1. The van der Waals surface area contributed by atoms with Crippen LogP contribution < -0.4 is 5.73 Å². The van der Waals surface area contributed by atoms with E-state index in [4.69, 9.17) is 16.2 Å². The molecule has 1 aliphatic heterocycles. The smallest absolute Gasteiger partial charge is 0.108 e. The van der Waals surface area contributed by atoms with Crippen LogP contribution in [0.15, 0.2) is 0 Å². The van der Waals surface area contributed by atoms with Gasteiger partial charge in [-0.2, -0.15) is 0 Å². The highest BCUT2D eigenvalue weighted by molar-refractivity contribution is 5.82. The van der Waals surface area contributed by atoms with E-state index in [0.717, 1.165) is 25.8 Å². The first kappa shape index (κ1) is 10.5. The van der Waals surface area contributed by atoms with Crippen LogP contribution in [-0.2, 0) is 0 Å². The highest BCUT2D eigenvalue weighted by Crippen LogP contribution is 2.20. The third-order valence-corrected chi connectivity index (χ3v) is 2.78. The molecule has 0 saturated carbocycles. The van der Waals surface area contributed by atoms with E-state index in [1.807, 2.05) is 6.92 Å². The van der Waals surface area contributed by atoms with Crippen molar-refractivity contribution in [2.24, 2.45) is 5.73 Å². The second kappa shape index (κ2) is 4.58. The molecular formula is C9H19N3O. The zero-order valence-electron chi connectivity index (χ0n) is 8.16. The van der Waals surface area contributed by atoms with E-state index in [0.29, 0.717) is 0 Å². The van der Waals surface area contributed by atoms with Crippen LogP contribution in [0, 0.1) is 5.41 Å². The number of nitrogens with zero attached hydrogens (tertiary/aromatic N) is 1. The molecule has 0 radical (unpaired) electrons. The Morgan fingerprint density at radius 3 is 2.92 bits per heavy atom. The zero-order chi connectivity index (χ0) is 9.84. The maximum atomic E-state index is 9.11. The second-order valence-corrected chi connectivity index (χ2v) is 3.60. The number of aliphatic hydroxyl groups excluding tert-OH is 1. The molecule has 1 fully saturated rings. The number of nitrogens with two attached hydrogens (primary N) is 1. The summed E-state index contributed by atoms with van der Waals surface area (Å²) in [6.07, 6.45) is 2.99. The van der Waals surface area contributed by atoms with Crippen LogP contribution in [0.3, 0.4) is 0 Å². The van der Waals surface area contributed by atoms with Gasteiger partial charge in [0.1, 0.15) is 5.84 Å². The summed E-state index contributed by atoms with van der Waals surface area (Å²) in [5.41, 5.74) is 5.50. The fourth-order valence-electron chi connectivity index (χ4n) is 2.10. The highest BCUT2D eigenvalue weighted by atomic mass is 16.3. The predicted octanol–water partition coefficient (Wildman–Crippen LogP) is 0.158. The number of hydrogen-bond donors (Lipinski definition) is 3. The summed E-state index contributed by atoms with van der Waals surface area (Å²) < 4.78 is 0. The van der Waals surface area contributed by atoms with Gasteiger partial charge in [0, 0.05) is 6.04 Å². The van der Waals surface area contributed by atoms with E-state index in [2.05, 4.69) is 4.90 Å². The lowest BCUT2D eigenvalue weighted by Crippen LogP contribution is -2.47. The van der Waals surface area contributed by atoms with Crippen molar-refractivity contribution < 1.29 is 5.11 Å². The molecule has 4 nitrogen and oxygen atoms in total. The minimum atomic E-state index is 0.0275. The SMILES string of the molecule is CCC(C(=N)N)N1CCCC1CO. The summed E-state index contributed by atoms with van der Waals surface area (Å²) in [5, 5.41) is 16.5. The predicted molar refractivity (Wildman–Crippen MR) is 52.8 cm³/mol. The lowest BCUT2D eigenvalue weighted by molar-refractivity contribution is 0.140. The summed E-state index contributed by atoms with van der Waals surface area (Å²) in [6.45, 7) is 3.17. The molecule has 4 heteroatoms. The topological polar surface area (TPSA) is 73.3 Å². The normalized spacial score (nSPS) is 26.2. The molecule has 4 N–H and O–H groups in total. The number of hydrogen-bond acceptors (Lipinski definition) is 3. The van der Waals surface area contributed by atoms with Crippen molar-refractivity contribution in [2.45, 2.75) is 38.3 Å². The van der Waals surface area contributed by atoms with Crippen molar-refractivity contribution >= 4 is 5.84 Å². The molecule has 1 rings (SSSR count). The molecule has 13 heavy (non-hydrogen) atoms. The van der Waals surface area contributed by atoms with E-state index in [1.165, 1.54) is 0 Å². The number of aliphatic hydroxyl groups is 1. The van der Waals surface area contributed by atoms with Gasteiger partial charge in [-0.05, 0) is 25.8 Å². The van der Waals surface area contributed by atoms with E-state index < -0.39 is 0 Å². The van der Waals surface area contributed by atoms with Crippen LogP contribution in [0.4, 0.5) is 0 Å². The summed E-state index contributed by atoms with van der Waals surface area (Å²) in [4.78, 5) is 2.16. The average molecular weight is 185 g/mol. The minimum Gasteiger partial charge on any atom is -0.395 e. The fraction of sp³-hybridized carbons (Fsp3) is 0.889. The minimum absolute atomic E-state index is 0.0275. The molecule has 0 amide bonds. The van der Waals surface area contributed by atoms with Crippen LogP contribution >= 0.6 is 0 Å². The van der Waals surface area contributed by atoms with Crippen molar-refractivity contribution in [3.05, 3.63) is 0 Å². The van der Waals surface area contributed by atoms with Crippen molar-refractivity contribution in [2.75, 3.05) is 13.2 Å². The van der Waals surface area contributed by atoms with Crippen molar-refractivity contribution in [1.82, 2.24) is 4.90 Å². The third-order valence-electron chi connectivity index (χ3n) is 2.78. The van der Waals surface area contributed by atoms with Crippen molar-refractivity contribution in [3.63, 3.8) is 0 Å². The molecule has 1 aliphatic rings. The Hall–Kier alpha value is -0.610. The van der Waals surface area contributed by atoms with Gasteiger partial charge < -0.3 is 10.8 Å². The first-order valence-electron chi connectivity index (χ1n) is 4.91. The molecule has 2 atom stereocenters. The molecule has 76 valence electrons. The number of likely N-dealkylation sites (tertiary alicyclic amines) is 1. The van der Waals surface area contributed by atoms with E-state index in [-0.39, 0.29) is 24.5 Å². The molecule has 0 aromatic carbocycles. The van der Waals surface area contributed by atoms with Gasteiger partial charge >= 0.3 is 0 Å². The number of amidine groups is 1. The average Bonchev–Trinajstić information content (AvgIpc) is 2.53.